The van der Waals surface area contributed by atoms with Crippen LogP contribution in [0.25, 0.3) is 0 Å². The molecule has 0 spiro atoms. The Bertz CT molecular complexity index is 471. The van der Waals surface area contributed by atoms with Gasteiger partial charge in [-0.3, -0.25) is 4.79 Å². The average molecular weight is 264 g/mol. The van der Waals surface area contributed by atoms with E-state index in [9.17, 15) is 9.59 Å². The van der Waals surface area contributed by atoms with Gasteiger partial charge < -0.3 is 15.4 Å². The Balaban J connectivity index is 2.08. The molecule has 1 aliphatic carbocycles. The molecule has 0 radical (unpaired) electrons. The Morgan fingerprint density at radius 3 is 2.47 bits per heavy atom. The first-order valence-electron chi connectivity index (χ1n) is 6.81. The molecular formula is C14H20N2O3. The molecule has 0 saturated heterocycles. The zero-order chi connectivity index (χ0) is 13.8. The Morgan fingerprint density at radius 2 is 1.89 bits per heavy atom. The van der Waals surface area contributed by atoms with Crippen LogP contribution in [-0.4, -0.2) is 22.0 Å². The van der Waals surface area contributed by atoms with E-state index in [4.69, 9.17) is 5.11 Å². The van der Waals surface area contributed by atoms with Crippen LogP contribution < -0.4 is 5.32 Å². The molecule has 1 amide bonds. The standard InChI is InChI=1S/C14H20N2O3/c1-9-12(14(18)19)11(8-15-9)16-13(17)10-6-4-2-3-5-7-10/h8,10,15H,2-7H2,1H3,(H,16,17)(H,18,19). The number of hydrogen-bond acceptors (Lipinski definition) is 2. The first kappa shape index (κ1) is 13.6. The van der Waals surface area contributed by atoms with Crippen LogP contribution in [0.3, 0.4) is 0 Å². The van der Waals surface area contributed by atoms with E-state index in [1.165, 1.54) is 12.8 Å². The van der Waals surface area contributed by atoms with Crippen LogP contribution in [0.1, 0.15) is 54.6 Å². The molecule has 19 heavy (non-hydrogen) atoms. The number of carbonyl (C=O) groups is 2. The number of aromatic carboxylic acids is 1. The number of H-pyrrole nitrogens is 1. The summed E-state index contributed by atoms with van der Waals surface area (Å²) in [4.78, 5) is 26.2. The van der Waals surface area contributed by atoms with Crippen LogP contribution >= 0.6 is 0 Å². The van der Waals surface area contributed by atoms with Gasteiger partial charge in [-0.15, -0.1) is 0 Å². The molecular weight excluding hydrogens is 244 g/mol. The van der Waals surface area contributed by atoms with Crippen molar-refractivity contribution in [2.24, 2.45) is 5.92 Å². The summed E-state index contributed by atoms with van der Waals surface area (Å²) in [5.41, 5.74) is 1.09. The minimum atomic E-state index is -1.02. The van der Waals surface area contributed by atoms with Gasteiger partial charge in [0.25, 0.3) is 0 Å². The van der Waals surface area contributed by atoms with Gasteiger partial charge in [-0.25, -0.2) is 4.79 Å². The summed E-state index contributed by atoms with van der Waals surface area (Å²) in [5.74, 6) is -1.06. The summed E-state index contributed by atoms with van der Waals surface area (Å²) < 4.78 is 0. The lowest BCUT2D eigenvalue weighted by Gasteiger charge is -2.13. The summed E-state index contributed by atoms with van der Waals surface area (Å²) in [5, 5.41) is 11.9. The minimum absolute atomic E-state index is 0.0133. The van der Waals surface area contributed by atoms with Crippen molar-refractivity contribution in [3.8, 4) is 0 Å². The van der Waals surface area contributed by atoms with Gasteiger partial charge in [0, 0.05) is 17.8 Å². The molecule has 1 heterocycles. The molecule has 1 aromatic rings. The number of carboxylic acid groups (broad SMARTS) is 1. The van der Waals surface area contributed by atoms with E-state index >= 15 is 0 Å². The van der Waals surface area contributed by atoms with Crippen LogP contribution in [0.4, 0.5) is 5.69 Å². The smallest absolute Gasteiger partial charge is 0.339 e. The Hall–Kier alpha value is -1.78. The lowest BCUT2D eigenvalue weighted by Crippen LogP contribution is -2.23. The normalized spacial score (nSPS) is 16.9. The molecule has 0 unspecified atom stereocenters. The second-order valence-corrected chi connectivity index (χ2v) is 5.19. The molecule has 1 aromatic heterocycles. The highest BCUT2D eigenvalue weighted by atomic mass is 16.4. The summed E-state index contributed by atoms with van der Waals surface area (Å²) >= 11 is 0. The van der Waals surface area contributed by atoms with Gasteiger partial charge in [0.15, 0.2) is 0 Å². The van der Waals surface area contributed by atoms with Crippen molar-refractivity contribution in [1.29, 1.82) is 0 Å². The number of aromatic nitrogens is 1. The Labute approximate surface area is 112 Å². The maximum atomic E-state index is 12.2. The summed E-state index contributed by atoms with van der Waals surface area (Å²) in [7, 11) is 0. The van der Waals surface area contributed by atoms with E-state index < -0.39 is 5.97 Å². The molecule has 3 N–H and O–H groups in total. The predicted molar refractivity (Wildman–Crippen MR) is 72.3 cm³/mol. The van der Waals surface area contributed by atoms with Crippen molar-refractivity contribution in [1.82, 2.24) is 4.98 Å². The maximum absolute atomic E-state index is 12.2. The van der Waals surface area contributed by atoms with Crippen molar-refractivity contribution in [3.05, 3.63) is 17.5 Å². The quantitative estimate of drug-likeness (QED) is 0.734. The van der Waals surface area contributed by atoms with E-state index in [0.29, 0.717) is 11.4 Å². The molecule has 1 saturated carbocycles. The highest BCUT2D eigenvalue weighted by Crippen LogP contribution is 2.25. The number of aryl methyl sites for hydroxylation is 1. The Morgan fingerprint density at radius 1 is 1.26 bits per heavy atom. The molecule has 0 aromatic carbocycles. The maximum Gasteiger partial charge on any atom is 0.339 e. The number of carboxylic acids is 1. The largest absolute Gasteiger partial charge is 0.478 e. The van der Waals surface area contributed by atoms with Crippen LogP contribution in [-0.2, 0) is 4.79 Å². The van der Waals surface area contributed by atoms with Crippen LogP contribution in [0.5, 0.6) is 0 Å². The second kappa shape index (κ2) is 5.91. The van der Waals surface area contributed by atoms with E-state index in [1.807, 2.05) is 0 Å². The van der Waals surface area contributed by atoms with Gasteiger partial charge in [0.2, 0.25) is 5.91 Å². The fourth-order valence-electron chi connectivity index (χ4n) is 2.68. The number of hydrogen-bond donors (Lipinski definition) is 3. The zero-order valence-corrected chi connectivity index (χ0v) is 11.2. The fraction of sp³-hybridized carbons (Fsp3) is 0.571. The number of carbonyl (C=O) groups excluding carboxylic acids is 1. The number of aromatic amines is 1. The molecule has 1 aliphatic rings. The third kappa shape index (κ3) is 3.16. The zero-order valence-electron chi connectivity index (χ0n) is 11.2. The number of rotatable bonds is 3. The Kier molecular flexibility index (Phi) is 4.24. The molecule has 0 aliphatic heterocycles. The molecule has 2 rings (SSSR count). The van der Waals surface area contributed by atoms with Crippen molar-refractivity contribution in [2.45, 2.75) is 45.4 Å². The fourth-order valence-corrected chi connectivity index (χ4v) is 2.68. The number of nitrogens with one attached hydrogen (secondary N) is 2. The molecule has 1 fully saturated rings. The van der Waals surface area contributed by atoms with Gasteiger partial charge in [-0.1, -0.05) is 25.7 Å². The lowest BCUT2D eigenvalue weighted by atomic mass is 9.99. The second-order valence-electron chi connectivity index (χ2n) is 5.19. The monoisotopic (exact) mass is 264 g/mol. The van der Waals surface area contributed by atoms with Gasteiger partial charge in [0.1, 0.15) is 5.56 Å². The summed E-state index contributed by atoms with van der Waals surface area (Å²) in [6.07, 6.45) is 7.88. The third-order valence-corrected chi connectivity index (χ3v) is 3.78. The van der Waals surface area contributed by atoms with E-state index in [-0.39, 0.29) is 17.4 Å². The van der Waals surface area contributed by atoms with Gasteiger partial charge in [-0.05, 0) is 19.8 Å². The first-order chi connectivity index (χ1) is 9.09. The lowest BCUT2D eigenvalue weighted by molar-refractivity contribution is -0.120. The molecule has 0 bridgehead atoms. The van der Waals surface area contributed by atoms with Crippen LogP contribution in [0.15, 0.2) is 6.20 Å². The van der Waals surface area contributed by atoms with E-state index in [2.05, 4.69) is 10.3 Å². The van der Waals surface area contributed by atoms with Crippen molar-refractivity contribution in [2.75, 3.05) is 5.32 Å². The van der Waals surface area contributed by atoms with E-state index in [1.54, 1.807) is 13.1 Å². The SMILES string of the molecule is Cc1[nH]cc(NC(=O)C2CCCCCC2)c1C(=O)O. The predicted octanol–water partition coefficient (Wildman–Crippen LogP) is 2.93. The summed E-state index contributed by atoms with van der Waals surface area (Å²) in [6.45, 7) is 1.69. The van der Waals surface area contributed by atoms with E-state index in [0.717, 1.165) is 25.7 Å². The highest BCUT2D eigenvalue weighted by molar-refractivity contribution is 6.02. The molecule has 0 atom stereocenters. The van der Waals surface area contributed by atoms with Gasteiger partial charge in [0.05, 0.1) is 5.69 Å². The van der Waals surface area contributed by atoms with Gasteiger partial charge in [-0.2, -0.15) is 0 Å². The van der Waals surface area contributed by atoms with Crippen molar-refractivity contribution >= 4 is 17.6 Å². The molecule has 5 heteroatoms. The minimum Gasteiger partial charge on any atom is -0.478 e. The van der Waals surface area contributed by atoms with Crippen molar-refractivity contribution in [3.63, 3.8) is 0 Å². The van der Waals surface area contributed by atoms with Crippen LogP contribution in [0, 0.1) is 12.8 Å². The summed E-state index contributed by atoms with van der Waals surface area (Å²) in [6, 6.07) is 0. The number of anilines is 1. The first-order valence-corrected chi connectivity index (χ1v) is 6.81. The molecule has 5 nitrogen and oxygen atoms in total. The average Bonchev–Trinajstić information content (AvgIpc) is 2.59. The third-order valence-electron chi connectivity index (χ3n) is 3.78. The van der Waals surface area contributed by atoms with Crippen LogP contribution in [0.2, 0.25) is 0 Å². The topological polar surface area (TPSA) is 82.2 Å². The highest BCUT2D eigenvalue weighted by Gasteiger charge is 2.23. The van der Waals surface area contributed by atoms with Crippen molar-refractivity contribution < 1.29 is 14.7 Å². The number of amides is 1. The van der Waals surface area contributed by atoms with Gasteiger partial charge >= 0.3 is 5.97 Å². The molecule has 104 valence electrons.